The second kappa shape index (κ2) is 7.73. The zero-order chi connectivity index (χ0) is 16.1. The van der Waals surface area contributed by atoms with Gasteiger partial charge in [0.2, 0.25) is 5.91 Å². The number of benzene rings is 1. The molecular weight excluding hydrogens is 308 g/mol. The first-order valence-corrected chi connectivity index (χ1v) is 8.91. The van der Waals surface area contributed by atoms with E-state index in [0.717, 1.165) is 30.0 Å². The fourth-order valence-corrected chi connectivity index (χ4v) is 3.86. The molecule has 0 saturated carbocycles. The van der Waals surface area contributed by atoms with Gasteiger partial charge in [-0.3, -0.25) is 9.69 Å². The smallest absolute Gasteiger partial charge is 0.238 e. The first-order valence-electron chi connectivity index (χ1n) is 8.03. The maximum atomic E-state index is 12.2. The van der Waals surface area contributed by atoms with Crippen LogP contribution in [0.1, 0.15) is 30.2 Å². The molecule has 2 N–H and O–H groups in total. The summed E-state index contributed by atoms with van der Waals surface area (Å²) in [7, 11) is 0. The van der Waals surface area contributed by atoms with Crippen molar-refractivity contribution in [1.29, 1.82) is 0 Å². The topological polar surface area (TPSA) is 52.6 Å². The summed E-state index contributed by atoms with van der Waals surface area (Å²) in [6.07, 6.45) is 2.39. The number of para-hydroxylation sites is 1. The van der Waals surface area contributed by atoms with E-state index in [1.165, 1.54) is 0 Å². The van der Waals surface area contributed by atoms with Gasteiger partial charge in [0.1, 0.15) is 0 Å². The zero-order valence-electron chi connectivity index (χ0n) is 13.0. The third-order valence-electron chi connectivity index (χ3n) is 4.27. The third-order valence-corrected chi connectivity index (χ3v) is 5.24. The first kappa shape index (κ1) is 16.2. The number of carbonyl (C=O) groups excluding carboxylic acids is 1. The Kier molecular flexibility index (Phi) is 5.43. The molecule has 4 nitrogen and oxygen atoms in total. The van der Waals surface area contributed by atoms with Gasteiger partial charge < -0.3 is 10.4 Å². The summed E-state index contributed by atoms with van der Waals surface area (Å²) in [4.78, 5) is 15.4. The average Bonchev–Trinajstić information content (AvgIpc) is 3.21. The van der Waals surface area contributed by atoms with Crippen LogP contribution in [0.4, 0.5) is 5.69 Å². The van der Waals surface area contributed by atoms with E-state index >= 15 is 0 Å². The third kappa shape index (κ3) is 4.41. The van der Waals surface area contributed by atoms with Crippen LogP contribution < -0.4 is 5.32 Å². The summed E-state index contributed by atoms with van der Waals surface area (Å²) in [5.41, 5.74) is 0.826. The molecule has 0 aliphatic carbocycles. The van der Waals surface area contributed by atoms with Gasteiger partial charge in [-0.05, 0) is 49.4 Å². The Labute approximate surface area is 140 Å². The zero-order valence-corrected chi connectivity index (χ0v) is 13.8. The Bertz CT molecular complexity index is 615. The highest BCUT2D eigenvalue weighted by atomic mass is 32.1. The molecule has 0 unspecified atom stereocenters. The number of hydrogen-bond donors (Lipinski definition) is 2. The molecule has 0 bridgehead atoms. The van der Waals surface area contributed by atoms with E-state index in [2.05, 4.69) is 10.2 Å². The SMILES string of the molecule is O=C(CN1CCC[C@@H]1C[C@H](O)c1cccs1)Nc1ccccc1. The minimum absolute atomic E-state index is 0.00807. The predicted molar refractivity (Wildman–Crippen MR) is 93.6 cm³/mol. The van der Waals surface area contributed by atoms with Crippen molar-refractivity contribution in [3.8, 4) is 0 Å². The number of rotatable bonds is 6. The molecule has 1 fully saturated rings. The van der Waals surface area contributed by atoms with Crippen molar-refractivity contribution in [3.63, 3.8) is 0 Å². The number of anilines is 1. The van der Waals surface area contributed by atoms with Gasteiger partial charge in [0, 0.05) is 16.6 Å². The van der Waals surface area contributed by atoms with E-state index in [4.69, 9.17) is 0 Å². The Morgan fingerprint density at radius 2 is 2.13 bits per heavy atom. The van der Waals surface area contributed by atoms with Gasteiger partial charge in [0.15, 0.2) is 0 Å². The van der Waals surface area contributed by atoms with Crippen molar-refractivity contribution < 1.29 is 9.90 Å². The minimum Gasteiger partial charge on any atom is -0.388 e. The van der Waals surface area contributed by atoms with Crippen molar-refractivity contribution >= 4 is 22.9 Å². The van der Waals surface area contributed by atoms with Gasteiger partial charge in [-0.1, -0.05) is 24.3 Å². The molecule has 2 heterocycles. The summed E-state index contributed by atoms with van der Waals surface area (Å²) in [6.45, 7) is 1.31. The lowest BCUT2D eigenvalue weighted by Crippen LogP contribution is -2.37. The highest BCUT2D eigenvalue weighted by Gasteiger charge is 2.28. The number of hydrogen-bond acceptors (Lipinski definition) is 4. The lowest BCUT2D eigenvalue weighted by Gasteiger charge is -2.25. The van der Waals surface area contributed by atoms with Crippen LogP contribution in [0, 0.1) is 0 Å². The Morgan fingerprint density at radius 3 is 2.87 bits per heavy atom. The highest BCUT2D eigenvalue weighted by Crippen LogP contribution is 2.29. The Morgan fingerprint density at radius 1 is 1.30 bits per heavy atom. The van der Waals surface area contributed by atoms with Gasteiger partial charge in [-0.2, -0.15) is 0 Å². The molecular formula is C18H22N2O2S. The molecule has 23 heavy (non-hydrogen) atoms. The normalized spacial score (nSPS) is 19.6. The molecule has 1 aromatic carbocycles. The van der Waals surface area contributed by atoms with E-state index in [1.807, 2.05) is 47.8 Å². The quantitative estimate of drug-likeness (QED) is 0.855. The van der Waals surface area contributed by atoms with Gasteiger partial charge in [-0.25, -0.2) is 0 Å². The number of thiophene rings is 1. The number of carbonyl (C=O) groups is 1. The minimum atomic E-state index is -0.433. The Balaban J connectivity index is 1.53. The van der Waals surface area contributed by atoms with E-state index in [0.29, 0.717) is 13.0 Å². The van der Waals surface area contributed by atoms with Crippen LogP contribution in [-0.2, 0) is 4.79 Å². The van der Waals surface area contributed by atoms with Crippen molar-refractivity contribution in [2.24, 2.45) is 0 Å². The summed E-state index contributed by atoms with van der Waals surface area (Å²) < 4.78 is 0. The van der Waals surface area contributed by atoms with E-state index in [-0.39, 0.29) is 11.9 Å². The van der Waals surface area contributed by atoms with Crippen LogP contribution >= 0.6 is 11.3 Å². The molecule has 1 aliphatic rings. The van der Waals surface area contributed by atoms with Crippen LogP contribution in [0.2, 0.25) is 0 Å². The van der Waals surface area contributed by atoms with E-state index in [1.54, 1.807) is 11.3 Å². The number of likely N-dealkylation sites (tertiary alicyclic amines) is 1. The summed E-state index contributed by atoms with van der Waals surface area (Å²) in [6, 6.07) is 13.7. The van der Waals surface area contributed by atoms with Crippen LogP contribution in [0.3, 0.4) is 0 Å². The average molecular weight is 330 g/mol. The molecule has 5 heteroatoms. The van der Waals surface area contributed by atoms with E-state index < -0.39 is 6.10 Å². The van der Waals surface area contributed by atoms with Crippen molar-refractivity contribution in [2.75, 3.05) is 18.4 Å². The van der Waals surface area contributed by atoms with Crippen molar-refractivity contribution in [2.45, 2.75) is 31.4 Å². The lowest BCUT2D eigenvalue weighted by atomic mass is 10.1. The fraction of sp³-hybridized carbons (Fsp3) is 0.389. The van der Waals surface area contributed by atoms with Gasteiger partial charge in [0.05, 0.1) is 12.6 Å². The number of aliphatic hydroxyl groups excluding tert-OH is 1. The molecule has 122 valence electrons. The molecule has 1 amide bonds. The summed E-state index contributed by atoms with van der Waals surface area (Å²) in [5.74, 6) is 0.00807. The molecule has 3 rings (SSSR count). The maximum absolute atomic E-state index is 12.2. The number of nitrogens with one attached hydrogen (secondary N) is 1. The van der Waals surface area contributed by atoms with Crippen molar-refractivity contribution in [3.05, 3.63) is 52.7 Å². The standard InChI is InChI=1S/C18H22N2O2S/c21-16(17-9-5-11-23-17)12-15-8-4-10-20(15)13-18(22)19-14-6-2-1-3-7-14/h1-3,5-7,9,11,15-16,21H,4,8,10,12-13H2,(H,19,22)/t15-,16+/m1/s1. The number of aliphatic hydroxyl groups is 1. The van der Waals surface area contributed by atoms with Crippen molar-refractivity contribution in [1.82, 2.24) is 4.90 Å². The first-order chi connectivity index (χ1) is 11.2. The molecule has 1 aliphatic heterocycles. The van der Waals surface area contributed by atoms with Crippen LogP contribution in [-0.4, -0.2) is 35.0 Å². The van der Waals surface area contributed by atoms with Gasteiger partial charge in [0.25, 0.3) is 0 Å². The fourth-order valence-electron chi connectivity index (χ4n) is 3.13. The summed E-state index contributed by atoms with van der Waals surface area (Å²) in [5, 5.41) is 15.3. The summed E-state index contributed by atoms with van der Waals surface area (Å²) >= 11 is 1.58. The van der Waals surface area contributed by atoms with E-state index in [9.17, 15) is 9.90 Å². The van der Waals surface area contributed by atoms with Crippen LogP contribution in [0.15, 0.2) is 47.8 Å². The predicted octanol–water partition coefficient (Wildman–Crippen LogP) is 3.27. The number of amides is 1. The maximum Gasteiger partial charge on any atom is 0.238 e. The molecule has 2 aromatic rings. The van der Waals surface area contributed by atoms with Crippen LogP contribution in [0.5, 0.6) is 0 Å². The van der Waals surface area contributed by atoms with Crippen LogP contribution in [0.25, 0.3) is 0 Å². The second-order valence-electron chi connectivity index (χ2n) is 5.95. The number of nitrogens with zero attached hydrogens (tertiary/aromatic N) is 1. The Hall–Kier alpha value is -1.69. The lowest BCUT2D eigenvalue weighted by molar-refractivity contribution is -0.117. The highest BCUT2D eigenvalue weighted by molar-refractivity contribution is 7.10. The molecule has 0 radical (unpaired) electrons. The largest absolute Gasteiger partial charge is 0.388 e. The molecule has 1 aromatic heterocycles. The van der Waals surface area contributed by atoms with Gasteiger partial charge in [-0.15, -0.1) is 11.3 Å². The molecule has 2 atom stereocenters. The monoisotopic (exact) mass is 330 g/mol. The molecule has 1 saturated heterocycles. The second-order valence-corrected chi connectivity index (χ2v) is 6.93. The molecule has 0 spiro atoms. The van der Waals surface area contributed by atoms with Gasteiger partial charge >= 0.3 is 0 Å².